The molecule has 0 aromatic carbocycles. The van der Waals surface area contributed by atoms with Gasteiger partial charge in [-0.3, -0.25) is 4.99 Å². The molecule has 0 bridgehead atoms. The molecule has 2 aliphatic rings. The van der Waals surface area contributed by atoms with Crippen LogP contribution in [0.2, 0.25) is 0 Å². The van der Waals surface area contributed by atoms with Crippen LogP contribution in [0.5, 0.6) is 0 Å². The van der Waals surface area contributed by atoms with E-state index in [1.165, 1.54) is 6.33 Å². The summed E-state index contributed by atoms with van der Waals surface area (Å²) in [6, 6.07) is 3.69. The highest BCUT2D eigenvalue weighted by Crippen LogP contribution is 2.50. The number of ether oxygens (including phenoxy) is 3. The molecule has 0 amide bonds. The van der Waals surface area contributed by atoms with E-state index in [9.17, 15) is 5.11 Å². The van der Waals surface area contributed by atoms with Crippen LogP contribution in [0.25, 0.3) is 5.52 Å². The highest BCUT2D eigenvalue weighted by atomic mass is 16.8. The number of nitrogen functional groups attached to an aromatic ring is 1. The van der Waals surface area contributed by atoms with Crippen molar-refractivity contribution in [1.82, 2.24) is 14.6 Å². The number of hydrogen-bond acceptors (Lipinski definition) is 8. The topological polar surface area (TPSA) is 116 Å². The maximum Gasteiger partial charge on any atom is 0.164 e. The number of rotatable bonds is 4. The molecule has 9 heteroatoms. The second-order valence-corrected chi connectivity index (χ2v) is 6.86. The molecular weight excluding hydrogens is 326 g/mol. The van der Waals surface area contributed by atoms with Gasteiger partial charge in [0.05, 0.1) is 18.8 Å². The van der Waals surface area contributed by atoms with E-state index in [-0.39, 0.29) is 13.2 Å². The zero-order valence-electron chi connectivity index (χ0n) is 14.1. The van der Waals surface area contributed by atoms with E-state index in [0.717, 1.165) is 5.69 Å². The van der Waals surface area contributed by atoms with Gasteiger partial charge >= 0.3 is 0 Å². The van der Waals surface area contributed by atoms with E-state index in [1.807, 2.05) is 26.0 Å². The molecule has 0 radical (unpaired) electrons. The molecule has 0 unspecified atom stereocenters. The first-order chi connectivity index (χ1) is 11.9. The van der Waals surface area contributed by atoms with Gasteiger partial charge in [-0.15, -0.1) is 0 Å². The van der Waals surface area contributed by atoms with Gasteiger partial charge in [0, 0.05) is 0 Å². The van der Waals surface area contributed by atoms with Crippen LogP contribution in [0.3, 0.4) is 0 Å². The summed E-state index contributed by atoms with van der Waals surface area (Å²) in [6.45, 7) is 7.14. The third-order valence-corrected chi connectivity index (χ3v) is 4.76. The predicted octanol–water partition coefficient (Wildman–Crippen LogP) is 0.335. The summed E-state index contributed by atoms with van der Waals surface area (Å²) in [5, 5.41) is 14.3. The molecule has 3 N–H and O–H groups in total. The quantitative estimate of drug-likeness (QED) is 0.766. The molecule has 9 nitrogen and oxygen atoms in total. The third-order valence-electron chi connectivity index (χ3n) is 4.76. The van der Waals surface area contributed by atoms with Gasteiger partial charge in [0.1, 0.15) is 35.8 Å². The minimum Gasteiger partial charge on any atom is -0.393 e. The first-order valence-electron chi connectivity index (χ1n) is 8.06. The summed E-state index contributed by atoms with van der Waals surface area (Å²) >= 11 is 0. The van der Waals surface area contributed by atoms with Gasteiger partial charge in [0.25, 0.3) is 0 Å². The van der Waals surface area contributed by atoms with E-state index >= 15 is 0 Å². The van der Waals surface area contributed by atoms with Crippen LogP contribution in [0.15, 0.2) is 23.5 Å². The molecule has 134 valence electrons. The number of nitrogens with two attached hydrogens (primary N) is 1. The molecule has 0 saturated carbocycles. The second-order valence-electron chi connectivity index (χ2n) is 6.86. The zero-order chi connectivity index (χ0) is 17.8. The SMILES string of the molecule is C=NC[C@]1(CO)O[C@@H](c2ccc3c(N)ncnn23)[C@@H]2OC(C)(C)O[C@@H]21. The largest absolute Gasteiger partial charge is 0.393 e. The first-order valence-corrected chi connectivity index (χ1v) is 8.06. The van der Waals surface area contributed by atoms with Crippen molar-refractivity contribution < 1.29 is 19.3 Å². The summed E-state index contributed by atoms with van der Waals surface area (Å²) in [5.41, 5.74) is 6.32. The van der Waals surface area contributed by atoms with E-state index in [2.05, 4.69) is 21.8 Å². The maximum absolute atomic E-state index is 10.0. The van der Waals surface area contributed by atoms with Crippen LogP contribution < -0.4 is 5.73 Å². The van der Waals surface area contributed by atoms with Crippen molar-refractivity contribution in [3.05, 3.63) is 24.2 Å². The van der Waals surface area contributed by atoms with Gasteiger partial charge in [-0.25, -0.2) is 9.50 Å². The fraction of sp³-hybridized carbons (Fsp3) is 0.562. The van der Waals surface area contributed by atoms with Crippen LogP contribution >= 0.6 is 0 Å². The Labute approximate surface area is 144 Å². The van der Waals surface area contributed by atoms with E-state index < -0.39 is 29.7 Å². The Hall–Kier alpha value is -2.07. The van der Waals surface area contributed by atoms with E-state index in [0.29, 0.717) is 11.3 Å². The summed E-state index contributed by atoms with van der Waals surface area (Å²) < 4.78 is 20.0. The highest BCUT2D eigenvalue weighted by Gasteiger charge is 2.63. The van der Waals surface area contributed by atoms with Crippen molar-refractivity contribution in [2.75, 3.05) is 18.9 Å². The summed E-state index contributed by atoms with van der Waals surface area (Å²) in [5.74, 6) is -0.416. The smallest absolute Gasteiger partial charge is 0.164 e. The normalized spacial score (nSPS) is 33.6. The second kappa shape index (κ2) is 5.46. The number of hydrogen-bond donors (Lipinski definition) is 2. The number of aliphatic hydroxyl groups is 1. The minimum absolute atomic E-state index is 0.195. The van der Waals surface area contributed by atoms with E-state index in [1.54, 1.807) is 4.52 Å². The summed E-state index contributed by atoms with van der Waals surface area (Å²) in [7, 11) is 0. The van der Waals surface area contributed by atoms with Crippen molar-refractivity contribution in [3.63, 3.8) is 0 Å². The van der Waals surface area contributed by atoms with Crippen LogP contribution in [0.4, 0.5) is 5.82 Å². The number of nitrogens with zero attached hydrogens (tertiary/aromatic N) is 4. The molecule has 2 fully saturated rings. The van der Waals surface area contributed by atoms with E-state index in [4.69, 9.17) is 19.9 Å². The Morgan fingerprint density at radius 1 is 1.36 bits per heavy atom. The monoisotopic (exact) mass is 347 g/mol. The molecule has 4 rings (SSSR count). The van der Waals surface area contributed by atoms with Crippen molar-refractivity contribution in [2.45, 2.75) is 43.5 Å². The van der Waals surface area contributed by atoms with Gasteiger partial charge in [-0.2, -0.15) is 5.10 Å². The Bertz CT molecular complexity index is 822. The van der Waals surface area contributed by atoms with Gasteiger partial charge in [0.15, 0.2) is 11.6 Å². The van der Waals surface area contributed by atoms with Crippen molar-refractivity contribution >= 4 is 18.1 Å². The average molecular weight is 347 g/mol. The van der Waals surface area contributed by atoms with Gasteiger partial charge in [-0.05, 0) is 32.7 Å². The van der Waals surface area contributed by atoms with Gasteiger partial charge in [0.2, 0.25) is 0 Å². The lowest BCUT2D eigenvalue weighted by molar-refractivity contribution is -0.215. The Balaban J connectivity index is 1.81. The highest BCUT2D eigenvalue weighted by molar-refractivity contribution is 5.65. The van der Waals surface area contributed by atoms with Gasteiger partial charge < -0.3 is 25.1 Å². The fourth-order valence-corrected chi connectivity index (χ4v) is 3.72. The van der Waals surface area contributed by atoms with Crippen molar-refractivity contribution in [3.8, 4) is 0 Å². The molecule has 2 aromatic heterocycles. The molecule has 0 aliphatic carbocycles. The first kappa shape index (κ1) is 16.4. The molecular formula is C16H21N5O4. The molecule has 4 heterocycles. The molecule has 2 aliphatic heterocycles. The summed E-state index contributed by atoms with van der Waals surface area (Å²) in [4.78, 5) is 7.93. The standard InChI is InChI=1S/C16H21N5O4/c1-15(2)23-12-11(24-16(7-22,6-18-3)13(12)25-15)9-4-5-10-14(17)19-8-20-21(9)10/h4-5,8,11-13,22H,3,6-7H2,1-2H3,(H2,17,19,20)/t11-,12-,13-,16+/m0/s1. The maximum atomic E-state index is 10.0. The molecule has 2 aromatic rings. The predicted molar refractivity (Wildman–Crippen MR) is 89.3 cm³/mol. The minimum atomic E-state index is -1.02. The molecule has 0 spiro atoms. The summed E-state index contributed by atoms with van der Waals surface area (Å²) in [6.07, 6.45) is -0.0119. The van der Waals surface area contributed by atoms with Crippen LogP contribution in [-0.2, 0) is 14.2 Å². The van der Waals surface area contributed by atoms with Gasteiger partial charge in [-0.1, -0.05) is 0 Å². The Kier molecular flexibility index (Phi) is 3.58. The number of anilines is 1. The van der Waals surface area contributed by atoms with Crippen LogP contribution in [0.1, 0.15) is 25.6 Å². The lowest BCUT2D eigenvalue weighted by Crippen LogP contribution is -2.49. The third kappa shape index (κ3) is 2.35. The Morgan fingerprint density at radius 2 is 2.16 bits per heavy atom. The van der Waals surface area contributed by atoms with Crippen molar-refractivity contribution in [2.24, 2.45) is 4.99 Å². The number of fused-ring (bicyclic) bond motifs is 2. The Morgan fingerprint density at radius 3 is 2.88 bits per heavy atom. The molecule has 25 heavy (non-hydrogen) atoms. The molecule has 2 saturated heterocycles. The molecule has 4 atom stereocenters. The van der Waals surface area contributed by atoms with Crippen LogP contribution in [0, 0.1) is 0 Å². The van der Waals surface area contributed by atoms with Crippen LogP contribution in [-0.4, -0.2) is 63.2 Å². The number of aliphatic imine (C=N–C) groups is 1. The lowest BCUT2D eigenvalue weighted by Gasteiger charge is -2.31. The average Bonchev–Trinajstić information content (AvgIpc) is 3.20. The lowest BCUT2D eigenvalue weighted by atomic mass is 9.95. The van der Waals surface area contributed by atoms with Crippen molar-refractivity contribution in [1.29, 1.82) is 0 Å². The zero-order valence-corrected chi connectivity index (χ0v) is 14.1. The number of aliphatic hydroxyl groups excluding tert-OH is 1. The fourth-order valence-electron chi connectivity index (χ4n) is 3.72. The number of aromatic nitrogens is 3.